The van der Waals surface area contributed by atoms with E-state index >= 15 is 0 Å². The van der Waals surface area contributed by atoms with E-state index in [1.54, 1.807) is 0 Å². The van der Waals surface area contributed by atoms with Gasteiger partial charge in [-0.3, -0.25) is 0 Å². The highest BCUT2D eigenvalue weighted by molar-refractivity contribution is 7.00. The Labute approximate surface area is 348 Å². The average molecular weight is 786 g/mol. The summed E-state index contributed by atoms with van der Waals surface area (Å²) in [5.74, 6) is 0.669. The maximum absolute atomic E-state index is 6.37. The van der Waals surface area contributed by atoms with Gasteiger partial charge in [-0.2, -0.15) is 8.75 Å². The third-order valence-corrected chi connectivity index (χ3v) is 11.9. The molecule has 4 heterocycles. The first-order chi connectivity index (χ1) is 29.7. The lowest BCUT2D eigenvalue weighted by Gasteiger charge is -2.13. The van der Waals surface area contributed by atoms with E-state index in [0.29, 0.717) is 5.82 Å². The van der Waals surface area contributed by atoms with Crippen LogP contribution in [0.5, 0.6) is 0 Å². The molecule has 0 spiro atoms. The molecule has 0 radical (unpaired) electrons. The zero-order valence-electron chi connectivity index (χ0n) is 32.0. The summed E-state index contributed by atoms with van der Waals surface area (Å²) in [6.45, 7) is 0. The van der Waals surface area contributed by atoms with Crippen LogP contribution in [0.25, 0.3) is 122 Å². The van der Waals surface area contributed by atoms with Crippen LogP contribution in [0.2, 0.25) is 0 Å². The van der Waals surface area contributed by atoms with Gasteiger partial charge in [0.05, 0.1) is 34.3 Å². The minimum Gasteiger partial charge on any atom is -0.455 e. The van der Waals surface area contributed by atoms with Gasteiger partial charge >= 0.3 is 0 Å². The smallest absolute Gasteiger partial charge is 0.160 e. The first-order valence-electron chi connectivity index (χ1n) is 19.8. The van der Waals surface area contributed by atoms with E-state index in [1.165, 1.54) is 11.7 Å². The van der Waals surface area contributed by atoms with Crippen molar-refractivity contribution in [2.24, 2.45) is 0 Å². The second-order valence-electron chi connectivity index (χ2n) is 14.9. The number of furan rings is 1. The zero-order chi connectivity index (χ0) is 39.6. The lowest BCUT2D eigenvalue weighted by Crippen LogP contribution is -1.96. The molecule has 12 rings (SSSR count). The van der Waals surface area contributed by atoms with Gasteiger partial charge in [0.25, 0.3) is 0 Å². The highest BCUT2D eigenvalue weighted by Gasteiger charge is 2.18. The van der Waals surface area contributed by atoms with Crippen LogP contribution in [0, 0.1) is 0 Å². The van der Waals surface area contributed by atoms with E-state index in [-0.39, 0.29) is 0 Å². The Kier molecular flexibility index (Phi) is 7.92. The normalized spacial score (nSPS) is 11.7. The lowest BCUT2D eigenvalue weighted by atomic mass is 9.96. The van der Waals surface area contributed by atoms with E-state index in [0.717, 1.165) is 116 Å². The molecular weight excluding hydrogens is 755 g/mol. The highest BCUT2D eigenvalue weighted by atomic mass is 32.1. The van der Waals surface area contributed by atoms with Gasteiger partial charge in [0, 0.05) is 54.7 Å². The molecule has 0 fully saturated rings. The van der Waals surface area contributed by atoms with E-state index < -0.39 is 0 Å². The number of hydrogen-bond acceptors (Lipinski definition) is 7. The Hall–Kier alpha value is -7.87. The Morgan fingerprint density at radius 1 is 0.383 bits per heavy atom. The van der Waals surface area contributed by atoms with Crippen molar-refractivity contribution >= 4 is 66.4 Å². The van der Waals surface area contributed by atoms with Crippen LogP contribution in [0.4, 0.5) is 0 Å². The predicted molar refractivity (Wildman–Crippen MR) is 246 cm³/mol. The summed E-state index contributed by atoms with van der Waals surface area (Å²) >= 11 is 1.24. The minimum atomic E-state index is 0.669. The van der Waals surface area contributed by atoms with Gasteiger partial charge in [-0.25, -0.2) is 15.0 Å². The molecule has 0 saturated carbocycles. The quantitative estimate of drug-likeness (QED) is 0.156. The van der Waals surface area contributed by atoms with E-state index in [4.69, 9.17) is 23.7 Å². The van der Waals surface area contributed by atoms with E-state index in [2.05, 4.69) is 150 Å². The van der Waals surface area contributed by atoms with Crippen LogP contribution in [0.15, 0.2) is 192 Å². The summed E-state index contributed by atoms with van der Waals surface area (Å²) in [4.78, 5) is 15.6. The number of pyridine rings is 1. The standard InChI is InChI=1S/C53H31N5OS/c1-3-11-34(12-4-1)50-43-27-28-44-51(58-60-57-44)49(43)42-26-25-37(30-47(42)54-50)36-15-9-16-38(29-36)46-31-45(55-53(56-46)35-13-5-2-6-14-35)33-23-21-32(22-24-33)39-18-10-19-41-40-17-7-8-20-48(40)59-52(39)41/h1-31H. The van der Waals surface area contributed by atoms with Crippen molar-refractivity contribution in [1.29, 1.82) is 0 Å². The number of rotatable bonds is 6. The Morgan fingerprint density at radius 2 is 1.03 bits per heavy atom. The van der Waals surface area contributed by atoms with Gasteiger partial charge in [0.2, 0.25) is 0 Å². The van der Waals surface area contributed by atoms with Gasteiger partial charge in [-0.1, -0.05) is 152 Å². The van der Waals surface area contributed by atoms with E-state index in [9.17, 15) is 0 Å². The fraction of sp³-hybridized carbons (Fsp3) is 0. The molecule has 0 bridgehead atoms. The predicted octanol–water partition coefficient (Wildman–Crippen LogP) is 14.1. The number of fused-ring (bicyclic) bond motifs is 8. The van der Waals surface area contributed by atoms with Crippen LogP contribution < -0.4 is 0 Å². The van der Waals surface area contributed by atoms with Gasteiger partial charge in [0.1, 0.15) is 22.2 Å². The molecule has 0 aliphatic heterocycles. The molecule has 8 aromatic carbocycles. The molecule has 0 N–H and O–H groups in total. The molecule has 0 amide bonds. The number of para-hydroxylation sites is 2. The molecule has 280 valence electrons. The number of nitrogens with zero attached hydrogens (tertiary/aromatic N) is 5. The summed E-state index contributed by atoms with van der Waals surface area (Å²) in [5, 5.41) is 5.43. The molecule has 0 unspecified atom stereocenters. The number of aromatic nitrogens is 5. The average Bonchev–Trinajstić information content (AvgIpc) is 3.97. The summed E-state index contributed by atoms with van der Waals surface area (Å²) < 4.78 is 15.7. The second-order valence-corrected chi connectivity index (χ2v) is 15.5. The van der Waals surface area contributed by atoms with Gasteiger partial charge in [-0.05, 0) is 53.1 Å². The lowest BCUT2D eigenvalue weighted by molar-refractivity contribution is 0.670. The van der Waals surface area contributed by atoms with Crippen LogP contribution in [-0.4, -0.2) is 23.7 Å². The molecule has 12 aromatic rings. The zero-order valence-corrected chi connectivity index (χ0v) is 32.8. The minimum absolute atomic E-state index is 0.669. The van der Waals surface area contributed by atoms with Crippen molar-refractivity contribution in [3.05, 3.63) is 188 Å². The van der Waals surface area contributed by atoms with E-state index in [1.807, 2.05) is 42.5 Å². The summed E-state index contributed by atoms with van der Waals surface area (Å²) in [6.07, 6.45) is 0. The van der Waals surface area contributed by atoms with Crippen molar-refractivity contribution in [3.8, 4) is 67.4 Å². The summed E-state index contributed by atoms with van der Waals surface area (Å²) in [7, 11) is 0. The van der Waals surface area contributed by atoms with Gasteiger partial charge < -0.3 is 4.42 Å². The first-order valence-corrected chi connectivity index (χ1v) is 20.6. The number of benzene rings is 8. The van der Waals surface area contributed by atoms with Gasteiger partial charge in [-0.15, -0.1) is 0 Å². The third-order valence-electron chi connectivity index (χ3n) is 11.4. The SMILES string of the molecule is c1ccc(-c2nc(-c3ccc(-c4cccc5c4oc4ccccc45)cc3)cc(-c3cccc(-c4ccc5c(c4)nc(-c4ccccc4)c4ccc6nsnc6c45)c3)n2)cc1. The highest BCUT2D eigenvalue weighted by Crippen LogP contribution is 2.40. The van der Waals surface area contributed by atoms with Crippen molar-refractivity contribution < 1.29 is 4.42 Å². The Bertz CT molecular complexity index is 3600. The monoisotopic (exact) mass is 785 g/mol. The topological polar surface area (TPSA) is 77.6 Å². The van der Waals surface area contributed by atoms with Crippen LogP contribution in [0.3, 0.4) is 0 Å². The summed E-state index contributed by atoms with van der Waals surface area (Å²) in [6, 6.07) is 65.0. The third kappa shape index (κ3) is 5.74. The molecule has 0 aliphatic rings. The maximum atomic E-state index is 6.37. The molecule has 0 aliphatic carbocycles. The van der Waals surface area contributed by atoms with Crippen LogP contribution in [0.1, 0.15) is 0 Å². The van der Waals surface area contributed by atoms with Crippen LogP contribution in [-0.2, 0) is 0 Å². The fourth-order valence-corrected chi connectivity index (χ4v) is 8.99. The van der Waals surface area contributed by atoms with Crippen molar-refractivity contribution in [2.45, 2.75) is 0 Å². The molecule has 0 atom stereocenters. The molecule has 4 aromatic heterocycles. The second kappa shape index (κ2) is 13.9. The molecule has 7 heteroatoms. The van der Waals surface area contributed by atoms with Crippen molar-refractivity contribution in [3.63, 3.8) is 0 Å². The molecular formula is C53H31N5OS. The summed E-state index contributed by atoms with van der Waals surface area (Å²) in [5.41, 5.74) is 15.4. The molecule has 60 heavy (non-hydrogen) atoms. The Morgan fingerprint density at radius 3 is 1.88 bits per heavy atom. The molecule has 0 saturated heterocycles. The molecule has 6 nitrogen and oxygen atoms in total. The maximum Gasteiger partial charge on any atom is 0.160 e. The largest absolute Gasteiger partial charge is 0.455 e. The van der Waals surface area contributed by atoms with Crippen molar-refractivity contribution in [1.82, 2.24) is 23.7 Å². The van der Waals surface area contributed by atoms with Crippen molar-refractivity contribution in [2.75, 3.05) is 0 Å². The number of hydrogen-bond donors (Lipinski definition) is 0. The Balaban J connectivity index is 0.960. The fourth-order valence-electron chi connectivity index (χ4n) is 8.45. The van der Waals surface area contributed by atoms with Crippen LogP contribution >= 0.6 is 11.7 Å². The van der Waals surface area contributed by atoms with Gasteiger partial charge in [0.15, 0.2) is 5.82 Å². The first kappa shape index (κ1) is 34.2.